The zero-order valence-electron chi connectivity index (χ0n) is 10.4. The van der Waals surface area contributed by atoms with Gasteiger partial charge in [0.05, 0.1) is 5.56 Å². The Morgan fingerprint density at radius 3 is 2.74 bits per heavy atom. The van der Waals surface area contributed by atoms with E-state index < -0.39 is 23.8 Å². The number of halogens is 3. The molecule has 0 aromatic heterocycles. The maximum absolute atomic E-state index is 12.7. The summed E-state index contributed by atoms with van der Waals surface area (Å²) in [6.07, 6.45) is -3.59. The minimum atomic E-state index is -4.42. The third-order valence-corrected chi connectivity index (χ3v) is 3.03. The van der Waals surface area contributed by atoms with Gasteiger partial charge < -0.3 is 10.1 Å². The Hall–Kier alpha value is -1.56. The molecule has 3 nitrogen and oxygen atoms in total. The maximum atomic E-state index is 12.7. The summed E-state index contributed by atoms with van der Waals surface area (Å²) in [7, 11) is 0. The quantitative estimate of drug-likeness (QED) is 0.899. The molecule has 6 heteroatoms. The molecule has 1 saturated heterocycles. The number of hydrogen-bond acceptors (Lipinski definition) is 2. The SMILES string of the molecule is Cc1ccc(NC(=O)C2CCCO2)cc1C(F)(F)F. The Bertz CT molecular complexity index is 479. The van der Waals surface area contributed by atoms with Crippen LogP contribution in [-0.4, -0.2) is 18.6 Å². The summed E-state index contributed by atoms with van der Waals surface area (Å²) in [5, 5.41) is 2.46. The standard InChI is InChI=1S/C13H14F3NO2/c1-8-4-5-9(7-10(8)13(14,15)16)17-12(18)11-3-2-6-19-11/h4-5,7,11H,2-3,6H2,1H3,(H,17,18). The molecule has 1 unspecified atom stereocenters. The van der Waals surface area contributed by atoms with Gasteiger partial charge in [-0.15, -0.1) is 0 Å². The molecule has 1 aromatic carbocycles. The summed E-state index contributed by atoms with van der Waals surface area (Å²) in [6.45, 7) is 1.90. The van der Waals surface area contributed by atoms with E-state index >= 15 is 0 Å². The van der Waals surface area contributed by atoms with E-state index in [2.05, 4.69) is 5.32 Å². The predicted molar refractivity (Wildman–Crippen MR) is 63.8 cm³/mol. The molecule has 1 aromatic rings. The Morgan fingerprint density at radius 1 is 1.42 bits per heavy atom. The molecule has 1 N–H and O–H groups in total. The molecule has 1 aliphatic heterocycles. The fraction of sp³-hybridized carbons (Fsp3) is 0.462. The molecule has 19 heavy (non-hydrogen) atoms. The maximum Gasteiger partial charge on any atom is 0.416 e. The first-order valence-corrected chi connectivity index (χ1v) is 5.98. The Labute approximate surface area is 108 Å². The second-order valence-corrected chi connectivity index (χ2v) is 4.52. The van der Waals surface area contributed by atoms with Crippen LogP contribution in [-0.2, 0) is 15.7 Å². The highest BCUT2D eigenvalue weighted by Crippen LogP contribution is 2.33. The number of alkyl halides is 3. The van der Waals surface area contributed by atoms with Crippen molar-refractivity contribution in [3.63, 3.8) is 0 Å². The highest BCUT2D eigenvalue weighted by Gasteiger charge is 2.33. The van der Waals surface area contributed by atoms with Crippen molar-refractivity contribution in [1.29, 1.82) is 0 Å². The van der Waals surface area contributed by atoms with Crippen LogP contribution in [0.3, 0.4) is 0 Å². The van der Waals surface area contributed by atoms with Gasteiger partial charge in [-0.3, -0.25) is 4.79 Å². The van der Waals surface area contributed by atoms with E-state index in [1.54, 1.807) is 0 Å². The van der Waals surface area contributed by atoms with Gasteiger partial charge in [0.25, 0.3) is 5.91 Å². The van der Waals surface area contributed by atoms with E-state index in [1.165, 1.54) is 19.1 Å². The minimum Gasteiger partial charge on any atom is -0.368 e. The van der Waals surface area contributed by atoms with Crippen LogP contribution in [0.15, 0.2) is 18.2 Å². The summed E-state index contributed by atoms with van der Waals surface area (Å²) < 4.78 is 43.4. The average molecular weight is 273 g/mol. The molecule has 1 amide bonds. The van der Waals surface area contributed by atoms with Crippen LogP contribution in [0.2, 0.25) is 0 Å². The van der Waals surface area contributed by atoms with Gasteiger partial charge in [0, 0.05) is 12.3 Å². The third-order valence-electron chi connectivity index (χ3n) is 3.03. The molecule has 104 valence electrons. The topological polar surface area (TPSA) is 38.3 Å². The average Bonchev–Trinajstić information content (AvgIpc) is 2.83. The second kappa shape index (κ2) is 5.21. The number of amides is 1. The van der Waals surface area contributed by atoms with Crippen molar-refractivity contribution in [2.24, 2.45) is 0 Å². The Kier molecular flexibility index (Phi) is 3.80. The van der Waals surface area contributed by atoms with Crippen LogP contribution in [0.5, 0.6) is 0 Å². The number of carbonyl (C=O) groups excluding carboxylic acids is 1. The molecule has 1 aliphatic rings. The van der Waals surface area contributed by atoms with E-state index in [0.717, 1.165) is 12.5 Å². The molecule has 0 aliphatic carbocycles. The van der Waals surface area contributed by atoms with Crippen molar-refractivity contribution in [2.45, 2.75) is 32.0 Å². The highest BCUT2D eigenvalue weighted by atomic mass is 19.4. The van der Waals surface area contributed by atoms with Crippen LogP contribution in [0.1, 0.15) is 24.0 Å². The monoisotopic (exact) mass is 273 g/mol. The predicted octanol–water partition coefficient (Wildman–Crippen LogP) is 3.13. The van der Waals surface area contributed by atoms with Crippen LogP contribution < -0.4 is 5.32 Å². The van der Waals surface area contributed by atoms with E-state index in [4.69, 9.17) is 4.74 Å². The lowest BCUT2D eigenvalue weighted by molar-refractivity contribution is -0.138. The fourth-order valence-electron chi connectivity index (χ4n) is 2.01. The van der Waals surface area contributed by atoms with E-state index in [0.29, 0.717) is 13.0 Å². The number of anilines is 1. The highest BCUT2D eigenvalue weighted by molar-refractivity contribution is 5.94. The zero-order valence-corrected chi connectivity index (χ0v) is 10.4. The van der Waals surface area contributed by atoms with Crippen LogP contribution in [0.4, 0.5) is 18.9 Å². The number of ether oxygens (including phenoxy) is 1. The first kappa shape index (κ1) is 13.9. The largest absolute Gasteiger partial charge is 0.416 e. The normalized spacial score (nSPS) is 19.5. The van der Waals surface area contributed by atoms with Crippen molar-refractivity contribution in [3.8, 4) is 0 Å². The molecule has 2 rings (SSSR count). The molecule has 0 radical (unpaired) electrons. The van der Waals surface area contributed by atoms with Crippen molar-refractivity contribution in [3.05, 3.63) is 29.3 Å². The second-order valence-electron chi connectivity index (χ2n) is 4.52. The molecule has 1 heterocycles. The van der Waals surface area contributed by atoms with Crippen molar-refractivity contribution >= 4 is 11.6 Å². The van der Waals surface area contributed by atoms with Gasteiger partial charge in [0.2, 0.25) is 0 Å². The third kappa shape index (κ3) is 3.26. The van der Waals surface area contributed by atoms with Gasteiger partial charge in [-0.1, -0.05) is 6.07 Å². The number of nitrogens with one attached hydrogen (secondary N) is 1. The van der Waals surface area contributed by atoms with E-state index in [9.17, 15) is 18.0 Å². The number of hydrogen-bond donors (Lipinski definition) is 1. The van der Waals surface area contributed by atoms with Gasteiger partial charge in [-0.2, -0.15) is 13.2 Å². The number of carbonyl (C=O) groups is 1. The van der Waals surface area contributed by atoms with E-state index in [1.807, 2.05) is 0 Å². The van der Waals surface area contributed by atoms with Crippen LogP contribution in [0, 0.1) is 6.92 Å². The van der Waals surface area contributed by atoms with Gasteiger partial charge in [-0.25, -0.2) is 0 Å². The lowest BCUT2D eigenvalue weighted by Crippen LogP contribution is -2.27. The van der Waals surface area contributed by atoms with Gasteiger partial charge in [-0.05, 0) is 37.5 Å². The lowest BCUT2D eigenvalue weighted by atomic mass is 10.1. The smallest absolute Gasteiger partial charge is 0.368 e. The first-order valence-electron chi connectivity index (χ1n) is 5.98. The summed E-state index contributed by atoms with van der Waals surface area (Å²) in [6, 6.07) is 3.74. The summed E-state index contributed by atoms with van der Waals surface area (Å²) >= 11 is 0. The molecule has 0 bridgehead atoms. The van der Waals surface area contributed by atoms with Crippen LogP contribution in [0.25, 0.3) is 0 Å². The Balaban J connectivity index is 2.15. The number of benzene rings is 1. The molecule has 1 fully saturated rings. The lowest BCUT2D eigenvalue weighted by Gasteiger charge is -2.14. The van der Waals surface area contributed by atoms with E-state index in [-0.39, 0.29) is 11.3 Å². The van der Waals surface area contributed by atoms with Gasteiger partial charge in [0.15, 0.2) is 0 Å². The molecule has 1 atom stereocenters. The number of rotatable bonds is 2. The van der Waals surface area contributed by atoms with Crippen LogP contribution >= 0.6 is 0 Å². The Morgan fingerprint density at radius 2 is 2.16 bits per heavy atom. The minimum absolute atomic E-state index is 0.127. The zero-order chi connectivity index (χ0) is 14.0. The summed E-state index contributed by atoms with van der Waals surface area (Å²) in [4.78, 5) is 11.7. The molecular formula is C13H14F3NO2. The van der Waals surface area contributed by atoms with Gasteiger partial charge in [0.1, 0.15) is 6.10 Å². The summed E-state index contributed by atoms with van der Waals surface area (Å²) in [5.74, 6) is -0.394. The van der Waals surface area contributed by atoms with Crippen molar-refractivity contribution in [1.82, 2.24) is 0 Å². The summed E-state index contributed by atoms with van der Waals surface area (Å²) in [5.41, 5.74) is -0.473. The fourth-order valence-corrected chi connectivity index (χ4v) is 2.01. The molecule has 0 saturated carbocycles. The van der Waals surface area contributed by atoms with Gasteiger partial charge >= 0.3 is 6.18 Å². The number of aryl methyl sites for hydroxylation is 1. The van der Waals surface area contributed by atoms with Crippen molar-refractivity contribution < 1.29 is 22.7 Å². The van der Waals surface area contributed by atoms with Crippen molar-refractivity contribution in [2.75, 3.05) is 11.9 Å². The molecule has 0 spiro atoms. The molecular weight excluding hydrogens is 259 g/mol. The first-order chi connectivity index (χ1) is 8.88.